The first-order chi connectivity index (χ1) is 14.7. The van der Waals surface area contributed by atoms with Crippen molar-refractivity contribution >= 4 is 27.7 Å². The molecule has 1 saturated carbocycles. The normalized spacial score (nSPS) is 18.3. The molecule has 0 radical (unpaired) electrons. The first-order valence-corrected chi connectivity index (χ1v) is 11.7. The standard InChI is InChI=1S/C20H28N4O6S/c1-13(2)17(20(27)23-22-19(26)14-6-7-14)21-18(25)15-4-3-5-16(12-15)31(28,29)24-8-10-30-11-9-24/h3-5,12-14,17H,6-11H2,1-2H3,(H,21,25)(H,22,26)(H,23,27). The number of ether oxygens (including phenoxy) is 1. The largest absolute Gasteiger partial charge is 0.379 e. The number of amides is 3. The van der Waals surface area contributed by atoms with Gasteiger partial charge in [-0.2, -0.15) is 4.31 Å². The van der Waals surface area contributed by atoms with Gasteiger partial charge in [0.25, 0.3) is 11.8 Å². The second-order valence-corrected chi connectivity index (χ2v) is 9.93. The number of hydrogen-bond acceptors (Lipinski definition) is 6. The highest BCUT2D eigenvalue weighted by Crippen LogP contribution is 2.28. The number of morpholine rings is 1. The molecule has 1 atom stereocenters. The van der Waals surface area contributed by atoms with E-state index >= 15 is 0 Å². The summed E-state index contributed by atoms with van der Waals surface area (Å²) in [6.07, 6.45) is 1.60. The van der Waals surface area contributed by atoms with Gasteiger partial charge in [0.15, 0.2) is 0 Å². The van der Waals surface area contributed by atoms with E-state index in [9.17, 15) is 22.8 Å². The summed E-state index contributed by atoms with van der Waals surface area (Å²) in [6, 6.07) is 4.79. The van der Waals surface area contributed by atoms with E-state index in [4.69, 9.17) is 4.74 Å². The molecule has 1 aromatic carbocycles. The topological polar surface area (TPSA) is 134 Å². The molecule has 0 bridgehead atoms. The van der Waals surface area contributed by atoms with Crippen molar-refractivity contribution in [1.82, 2.24) is 20.5 Å². The summed E-state index contributed by atoms with van der Waals surface area (Å²) in [5.41, 5.74) is 4.85. The van der Waals surface area contributed by atoms with E-state index in [0.29, 0.717) is 13.2 Å². The van der Waals surface area contributed by atoms with Gasteiger partial charge in [-0.05, 0) is 37.0 Å². The van der Waals surface area contributed by atoms with Crippen LogP contribution in [0, 0.1) is 11.8 Å². The number of carbonyl (C=O) groups excluding carboxylic acids is 3. The number of carbonyl (C=O) groups is 3. The zero-order valence-corrected chi connectivity index (χ0v) is 18.4. The lowest BCUT2D eigenvalue weighted by Crippen LogP contribution is -2.54. The van der Waals surface area contributed by atoms with Crippen molar-refractivity contribution < 1.29 is 27.5 Å². The number of benzene rings is 1. The monoisotopic (exact) mass is 452 g/mol. The molecule has 1 heterocycles. The zero-order chi connectivity index (χ0) is 22.6. The lowest BCUT2D eigenvalue weighted by Gasteiger charge is -2.26. The highest BCUT2D eigenvalue weighted by atomic mass is 32.2. The van der Waals surface area contributed by atoms with E-state index in [1.54, 1.807) is 13.8 Å². The average molecular weight is 453 g/mol. The average Bonchev–Trinajstić information content (AvgIpc) is 3.61. The molecule has 170 valence electrons. The van der Waals surface area contributed by atoms with Crippen molar-refractivity contribution in [3.05, 3.63) is 29.8 Å². The molecule has 2 aliphatic rings. The third-order valence-corrected chi connectivity index (χ3v) is 7.09. The fourth-order valence-electron chi connectivity index (χ4n) is 3.14. The maximum atomic E-state index is 12.8. The molecule has 1 aliphatic heterocycles. The SMILES string of the molecule is CC(C)C(NC(=O)c1cccc(S(=O)(=O)N2CCOCC2)c1)C(=O)NNC(=O)C1CC1. The second kappa shape index (κ2) is 9.75. The van der Waals surface area contributed by atoms with Crippen LogP contribution in [0.25, 0.3) is 0 Å². The van der Waals surface area contributed by atoms with Crippen molar-refractivity contribution in [2.45, 2.75) is 37.6 Å². The lowest BCUT2D eigenvalue weighted by molar-refractivity contribution is -0.131. The minimum absolute atomic E-state index is 0.00398. The fraction of sp³-hybridized carbons (Fsp3) is 0.550. The van der Waals surface area contributed by atoms with Gasteiger partial charge < -0.3 is 10.1 Å². The van der Waals surface area contributed by atoms with E-state index < -0.39 is 27.9 Å². The van der Waals surface area contributed by atoms with Crippen LogP contribution < -0.4 is 16.2 Å². The fourth-order valence-corrected chi connectivity index (χ4v) is 4.60. The number of nitrogens with zero attached hydrogens (tertiary/aromatic N) is 1. The van der Waals surface area contributed by atoms with Crippen molar-refractivity contribution in [1.29, 1.82) is 0 Å². The van der Waals surface area contributed by atoms with Gasteiger partial charge in [-0.25, -0.2) is 8.42 Å². The number of hydrazine groups is 1. The molecule has 3 rings (SSSR count). The second-order valence-electron chi connectivity index (χ2n) is 7.99. The molecular weight excluding hydrogens is 424 g/mol. The number of sulfonamides is 1. The molecule has 31 heavy (non-hydrogen) atoms. The molecule has 10 nitrogen and oxygen atoms in total. The first kappa shape index (κ1) is 23.2. The summed E-state index contributed by atoms with van der Waals surface area (Å²) >= 11 is 0. The summed E-state index contributed by atoms with van der Waals surface area (Å²) in [5, 5.41) is 2.63. The van der Waals surface area contributed by atoms with Gasteiger partial charge in [-0.15, -0.1) is 0 Å². The Balaban J connectivity index is 1.68. The minimum Gasteiger partial charge on any atom is -0.379 e. The zero-order valence-electron chi connectivity index (χ0n) is 17.6. The Hall–Kier alpha value is -2.50. The van der Waals surface area contributed by atoms with Crippen LogP contribution >= 0.6 is 0 Å². The Morgan fingerprint density at radius 1 is 1.10 bits per heavy atom. The van der Waals surface area contributed by atoms with Gasteiger partial charge in [0, 0.05) is 24.6 Å². The highest BCUT2D eigenvalue weighted by Gasteiger charge is 2.31. The van der Waals surface area contributed by atoms with Crippen molar-refractivity contribution in [2.24, 2.45) is 11.8 Å². The molecule has 1 unspecified atom stereocenters. The van der Waals surface area contributed by atoms with Gasteiger partial charge in [0.2, 0.25) is 15.9 Å². The smallest absolute Gasteiger partial charge is 0.261 e. The summed E-state index contributed by atoms with van der Waals surface area (Å²) in [5.74, 6) is -1.70. The van der Waals surface area contributed by atoms with Gasteiger partial charge >= 0.3 is 0 Å². The van der Waals surface area contributed by atoms with Crippen LogP contribution in [0.1, 0.15) is 37.0 Å². The Kier molecular flexibility index (Phi) is 7.29. The van der Waals surface area contributed by atoms with Gasteiger partial charge in [0.05, 0.1) is 18.1 Å². The Labute approximate surface area is 181 Å². The first-order valence-electron chi connectivity index (χ1n) is 10.3. The van der Waals surface area contributed by atoms with Crippen molar-refractivity contribution in [2.75, 3.05) is 26.3 Å². The maximum absolute atomic E-state index is 12.8. The van der Waals surface area contributed by atoms with Gasteiger partial charge in [-0.3, -0.25) is 25.2 Å². The highest BCUT2D eigenvalue weighted by molar-refractivity contribution is 7.89. The van der Waals surface area contributed by atoms with E-state index in [2.05, 4.69) is 16.2 Å². The summed E-state index contributed by atoms with van der Waals surface area (Å²) in [6.45, 7) is 4.66. The minimum atomic E-state index is -3.75. The summed E-state index contributed by atoms with van der Waals surface area (Å²) < 4.78 is 32.2. The Morgan fingerprint density at radius 2 is 1.77 bits per heavy atom. The quantitative estimate of drug-likeness (QED) is 0.500. The predicted molar refractivity (Wildman–Crippen MR) is 111 cm³/mol. The number of rotatable bonds is 7. The van der Waals surface area contributed by atoms with Crippen LogP contribution in [-0.4, -0.2) is 62.8 Å². The van der Waals surface area contributed by atoms with Crippen LogP contribution in [0.4, 0.5) is 0 Å². The molecule has 0 spiro atoms. The van der Waals surface area contributed by atoms with Crippen molar-refractivity contribution in [3.63, 3.8) is 0 Å². The van der Waals surface area contributed by atoms with Crippen LogP contribution in [-0.2, 0) is 24.3 Å². The predicted octanol–water partition coefficient (Wildman–Crippen LogP) is 0.0193. The lowest BCUT2D eigenvalue weighted by atomic mass is 10.0. The third kappa shape index (κ3) is 5.81. The van der Waals surface area contributed by atoms with Crippen LogP contribution in [0.5, 0.6) is 0 Å². The van der Waals surface area contributed by atoms with Crippen LogP contribution in [0.15, 0.2) is 29.2 Å². The molecule has 1 aromatic rings. The molecule has 2 fully saturated rings. The van der Waals surface area contributed by atoms with Gasteiger partial charge in [-0.1, -0.05) is 19.9 Å². The molecule has 3 N–H and O–H groups in total. The van der Waals surface area contributed by atoms with E-state index in [1.165, 1.54) is 28.6 Å². The van der Waals surface area contributed by atoms with Crippen LogP contribution in [0.2, 0.25) is 0 Å². The van der Waals surface area contributed by atoms with E-state index in [-0.39, 0.29) is 41.3 Å². The summed E-state index contributed by atoms with van der Waals surface area (Å²) in [4.78, 5) is 37.0. The molecular formula is C20H28N4O6S. The molecule has 11 heteroatoms. The molecule has 1 saturated heterocycles. The van der Waals surface area contributed by atoms with E-state index in [1.807, 2.05) is 0 Å². The Bertz CT molecular complexity index is 939. The van der Waals surface area contributed by atoms with Crippen LogP contribution in [0.3, 0.4) is 0 Å². The van der Waals surface area contributed by atoms with Crippen molar-refractivity contribution in [3.8, 4) is 0 Å². The number of nitrogens with one attached hydrogen (secondary N) is 3. The molecule has 0 aromatic heterocycles. The maximum Gasteiger partial charge on any atom is 0.261 e. The molecule has 1 aliphatic carbocycles. The van der Waals surface area contributed by atoms with E-state index in [0.717, 1.165) is 12.8 Å². The number of hydrogen-bond donors (Lipinski definition) is 3. The third-order valence-electron chi connectivity index (χ3n) is 5.20. The summed E-state index contributed by atoms with van der Waals surface area (Å²) in [7, 11) is -3.75. The molecule has 3 amide bonds. The Morgan fingerprint density at radius 3 is 2.39 bits per heavy atom. The van der Waals surface area contributed by atoms with Gasteiger partial charge in [0.1, 0.15) is 6.04 Å².